The number of nitrogens with two attached hydrogens (primary N) is 1. The van der Waals surface area contributed by atoms with Crippen LogP contribution in [-0.2, 0) is 17.4 Å². The average molecular weight is 387 g/mol. The standard InChI is InChI=1S/C19H21F3N2O.ClH/c1-13(15-4-6-16(7-5-15)19(20,21)22)12-18(25)24-11-10-14-2-8-17(23)9-3-14;/h2-9,13H,10-12,23H2,1H3,(H,24,25);1H. The number of benzene rings is 2. The molecule has 0 aliphatic carbocycles. The Bertz CT molecular complexity index is 700. The second-order valence-corrected chi connectivity index (χ2v) is 6.07. The largest absolute Gasteiger partial charge is 0.416 e. The average Bonchev–Trinajstić information content (AvgIpc) is 2.56. The number of carbonyl (C=O) groups is 1. The van der Waals surface area contributed by atoms with Crippen LogP contribution in [0.1, 0.15) is 36.0 Å². The van der Waals surface area contributed by atoms with E-state index in [1.165, 1.54) is 12.1 Å². The van der Waals surface area contributed by atoms with E-state index >= 15 is 0 Å². The molecule has 142 valence electrons. The van der Waals surface area contributed by atoms with Crippen molar-refractivity contribution in [1.82, 2.24) is 5.32 Å². The zero-order valence-electron chi connectivity index (χ0n) is 14.3. The Labute approximate surface area is 157 Å². The number of nitrogen functional groups attached to an aromatic ring is 1. The molecule has 0 fully saturated rings. The van der Waals surface area contributed by atoms with E-state index in [1.807, 2.05) is 31.2 Å². The number of hydrogen-bond donors (Lipinski definition) is 2. The van der Waals surface area contributed by atoms with E-state index in [0.717, 1.165) is 17.7 Å². The summed E-state index contributed by atoms with van der Waals surface area (Å²) >= 11 is 0. The molecule has 2 rings (SSSR count). The Morgan fingerprint density at radius 3 is 2.19 bits per heavy atom. The predicted molar refractivity (Wildman–Crippen MR) is 99.3 cm³/mol. The molecule has 0 saturated heterocycles. The Morgan fingerprint density at radius 1 is 1.08 bits per heavy atom. The van der Waals surface area contributed by atoms with Gasteiger partial charge in [0.15, 0.2) is 0 Å². The minimum atomic E-state index is -4.35. The molecular formula is C19H22ClF3N2O. The van der Waals surface area contributed by atoms with Crippen molar-refractivity contribution in [1.29, 1.82) is 0 Å². The van der Waals surface area contributed by atoms with Crippen LogP contribution in [0.2, 0.25) is 0 Å². The predicted octanol–water partition coefficient (Wildman–Crippen LogP) is 4.56. The van der Waals surface area contributed by atoms with Crippen LogP contribution in [-0.4, -0.2) is 12.5 Å². The van der Waals surface area contributed by atoms with E-state index in [0.29, 0.717) is 24.2 Å². The second-order valence-electron chi connectivity index (χ2n) is 6.07. The van der Waals surface area contributed by atoms with Gasteiger partial charge in [0.05, 0.1) is 5.56 Å². The lowest BCUT2D eigenvalue weighted by molar-refractivity contribution is -0.137. The van der Waals surface area contributed by atoms with E-state index in [-0.39, 0.29) is 30.7 Å². The van der Waals surface area contributed by atoms with Crippen molar-refractivity contribution in [2.45, 2.75) is 31.9 Å². The number of hydrogen-bond acceptors (Lipinski definition) is 2. The third-order valence-corrected chi connectivity index (χ3v) is 4.01. The smallest absolute Gasteiger partial charge is 0.399 e. The van der Waals surface area contributed by atoms with Crippen molar-refractivity contribution in [3.8, 4) is 0 Å². The zero-order valence-corrected chi connectivity index (χ0v) is 15.2. The van der Waals surface area contributed by atoms with Gasteiger partial charge in [-0.25, -0.2) is 0 Å². The summed E-state index contributed by atoms with van der Waals surface area (Å²) in [5.41, 5.74) is 7.41. The minimum absolute atomic E-state index is 0. The van der Waals surface area contributed by atoms with Gasteiger partial charge in [-0.2, -0.15) is 13.2 Å². The molecule has 0 aliphatic heterocycles. The highest BCUT2D eigenvalue weighted by atomic mass is 35.5. The highest BCUT2D eigenvalue weighted by Crippen LogP contribution is 2.30. The van der Waals surface area contributed by atoms with Gasteiger partial charge in [-0.05, 0) is 47.7 Å². The molecule has 0 heterocycles. The molecule has 26 heavy (non-hydrogen) atoms. The molecule has 3 nitrogen and oxygen atoms in total. The van der Waals surface area contributed by atoms with E-state index in [9.17, 15) is 18.0 Å². The quantitative estimate of drug-likeness (QED) is 0.715. The molecule has 1 amide bonds. The fourth-order valence-electron chi connectivity index (χ4n) is 2.50. The summed E-state index contributed by atoms with van der Waals surface area (Å²) in [7, 11) is 0. The molecule has 7 heteroatoms. The summed E-state index contributed by atoms with van der Waals surface area (Å²) in [6, 6.07) is 12.4. The van der Waals surface area contributed by atoms with Crippen molar-refractivity contribution in [3.63, 3.8) is 0 Å². The van der Waals surface area contributed by atoms with Crippen LogP contribution in [0.3, 0.4) is 0 Å². The van der Waals surface area contributed by atoms with E-state index in [4.69, 9.17) is 5.73 Å². The monoisotopic (exact) mass is 386 g/mol. The maximum Gasteiger partial charge on any atom is 0.416 e. The number of anilines is 1. The first-order valence-electron chi connectivity index (χ1n) is 8.04. The third-order valence-electron chi connectivity index (χ3n) is 4.01. The zero-order chi connectivity index (χ0) is 18.4. The Hall–Kier alpha value is -2.21. The van der Waals surface area contributed by atoms with Crippen LogP contribution in [0.25, 0.3) is 0 Å². The molecule has 0 bridgehead atoms. The van der Waals surface area contributed by atoms with Gasteiger partial charge >= 0.3 is 6.18 Å². The first-order valence-corrected chi connectivity index (χ1v) is 8.04. The van der Waals surface area contributed by atoms with Crippen molar-refractivity contribution < 1.29 is 18.0 Å². The normalized spacial score (nSPS) is 12.2. The van der Waals surface area contributed by atoms with Gasteiger partial charge in [-0.1, -0.05) is 31.2 Å². The van der Waals surface area contributed by atoms with Crippen LogP contribution in [0.5, 0.6) is 0 Å². The topological polar surface area (TPSA) is 55.1 Å². The number of rotatable bonds is 6. The summed E-state index contributed by atoms with van der Waals surface area (Å²) in [6.45, 7) is 2.32. The fourth-order valence-corrected chi connectivity index (χ4v) is 2.50. The maximum absolute atomic E-state index is 12.6. The third kappa shape index (κ3) is 6.59. The molecule has 0 spiro atoms. The second kappa shape index (κ2) is 9.48. The van der Waals surface area contributed by atoms with Crippen molar-refractivity contribution in [2.75, 3.05) is 12.3 Å². The molecule has 0 radical (unpaired) electrons. The number of alkyl halides is 3. The Morgan fingerprint density at radius 2 is 1.65 bits per heavy atom. The van der Waals surface area contributed by atoms with Crippen molar-refractivity contribution in [3.05, 3.63) is 65.2 Å². The van der Waals surface area contributed by atoms with Crippen LogP contribution < -0.4 is 11.1 Å². The Kier molecular flexibility index (Phi) is 7.96. The summed E-state index contributed by atoms with van der Waals surface area (Å²) in [6.07, 6.45) is -3.42. The fraction of sp³-hybridized carbons (Fsp3) is 0.316. The lowest BCUT2D eigenvalue weighted by Gasteiger charge is -2.13. The molecule has 2 aromatic rings. The molecule has 2 aromatic carbocycles. The van der Waals surface area contributed by atoms with Crippen LogP contribution in [0.4, 0.5) is 18.9 Å². The van der Waals surface area contributed by atoms with Crippen LogP contribution >= 0.6 is 12.4 Å². The highest BCUT2D eigenvalue weighted by molar-refractivity contribution is 5.85. The molecule has 0 aromatic heterocycles. The molecule has 0 saturated carbocycles. The first kappa shape index (κ1) is 21.8. The number of carbonyl (C=O) groups excluding carboxylic acids is 1. The minimum Gasteiger partial charge on any atom is -0.399 e. The SMILES string of the molecule is CC(CC(=O)NCCc1ccc(N)cc1)c1ccc(C(F)(F)F)cc1.Cl. The summed E-state index contributed by atoms with van der Waals surface area (Å²) < 4.78 is 37.7. The number of amides is 1. The molecule has 1 atom stereocenters. The number of nitrogens with one attached hydrogen (secondary N) is 1. The van der Waals surface area contributed by atoms with Gasteiger partial charge in [0, 0.05) is 18.7 Å². The van der Waals surface area contributed by atoms with Crippen LogP contribution in [0.15, 0.2) is 48.5 Å². The maximum atomic E-state index is 12.6. The lowest BCUT2D eigenvalue weighted by Crippen LogP contribution is -2.26. The van der Waals surface area contributed by atoms with Gasteiger partial charge in [0.25, 0.3) is 0 Å². The van der Waals surface area contributed by atoms with E-state index in [1.54, 1.807) is 0 Å². The summed E-state index contributed by atoms with van der Waals surface area (Å²) in [5.74, 6) is -0.276. The molecule has 1 unspecified atom stereocenters. The van der Waals surface area contributed by atoms with Crippen molar-refractivity contribution in [2.24, 2.45) is 0 Å². The highest BCUT2D eigenvalue weighted by Gasteiger charge is 2.30. The van der Waals surface area contributed by atoms with Crippen molar-refractivity contribution >= 4 is 24.0 Å². The van der Waals surface area contributed by atoms with Gasteiger partial charge in [-0.15, -0.1) is 12.4 Å². The molecule has 3 N–H and O–H groups in total. The molecule has 0 aliphatic rings. The van der Waals surface area contributed by atoms with Gasteiger partial charge < -0.3 is 11.1 Å². The molecular weight excluding hydrogens is 365 g/mol. The first-order chi connectivity index (χ1) is 11.8. The Balaban J connectivity index is 0.00000338. The van der Waals surface area contributed by atoms with Gasteiger partial charge in [0.2, 0.25) is 5.91 Å². The number of halogens is 4. The summed E-state index contributed by atoms with van der Waals surface area (Å²) in [5, 5.41) is 2.83. The van der Waals surface area contributed by atoms with Crippen LogP contribution in [0, 0.1) is 0 Å². The van der Waals surface area contributed by atoms with E-state index in [2.05, 4.69) is 5.32 Å². The van der Waals surface area contributed by atoms with Gasteiger partial charge in [0.1, 0.15) is 0 Å². The summed E-state index contributed by atoms with van der Waals surface area (Å²) in [4.78, 5) is 12.0. The van der Waals surface area contributed by atoms with E-state index < -0.39 is 11.7 Å². The lowest BCUT2D eigenvalue weighted by atomic mass is 9.96. The van der Waals surface area contributed by atoms with Gasteiger partial charge in [-0.3, -0.25) is 4.79 Å².